The number of nitrogens with one attached hydrogen (secondary N) is 2. The molecule has 0 aliphatic carbocycles. The molecule has 0 radical (unpaired) electrons. The average molecular weight is 255 g/mol. The number of hydrogen-bond donors (Lipinski definition) is 2. The number of amides is 1. The highest BCUT2D eigenvalue weighted by Crippen LogP contribution is 2.21. The Morgan fingerprint density at radius 1 is 1.37 bits per heavy atom. The number of nitrogens with zero attached hydrogens (tertiary/aromatic N) is 1. The first-order valence-corrected chi connectivity index (χ1v) is 6.60. The van der Waals surface area contributed by atoms with Gasteiger partial charge in [-0.2, -0.15) is 0 Å². The van der Waals surface area contributed by atoms with Crippen molar-refractivity contribution in [2.75, 3.05) is 18.4 Å². The third-order valence-electron chi connectivity index (χ3n) is 3.72. The van der Waals surface area contributed by atoms with E-state index in [1.165, 1.54) is 0 Å². The summed E-state index contributed by atoms with van der Waals surface area (Å²) < 4.78 is 0. The Morgan fingerprint density at radius 2 is 2.26 bits per heavy atom. The number of carbonyl (C=O) groups excluding carboxylic acids is 1. The highest BCUT2D eigenvalue weighted by Gasteiger charge is 2.29. The molecule has 2 N–H and O–H groups in total. The molecule has 19 heavy (non-hydrogen) atoms. The third-order valence-corrected chi connectivity index (χ3v) is 3.72. The Morgan fingerprint density at radius 3 is 3.05 bits per heavy atom. The molecule has 2 atom stereocenters. The molecule has 4 heteroatoms. The van der Waals surface area contributed by atoms with Crippen LogP contribution in [-0.4, -0.2) is 24.0 Å². The molecular weight excluding hydrogens is 238 g/mol. The number of aromatic nitrogens is 1. The van der Waals surface area contributed by atoms with Gasteiger partial charge >= 0.3 is 0 Å². The summed E-state index contributed by atoms with van der Waals surface area (Å²) in [5.74, 6) is 0.549. The maximum Gasteiger partial charge on any atom is 0.229 e. The van der Waals surface area contributed by atoms with E-state index in [2.05, 4.69) is 22.5 Å². The van der Waals surface area contributed by atoms with E-state index >= 15 is 0 Å². The number of benzene rings is 1. The molecule has 2 aromatic rings. The summed E-state index contributed by atoms with van der Waals surface area (Å²) in [7, 11) is 0. The molecule has 98 valence electrons. The summed E-state index contributed by atoms with van der Waals surface area (Å²) in [5, 5.41) is 7.29. The molecule has 1 aromatic carbocycles. The normalized spacial score (nSPS) is 22.6. The van der Waals surface area contributed by atoms with Gasteiger partial charge in [-0.25, -0.2) is 0 Å². The third kappa shape index (κ3) is 2.44. The van der Waals surface area contributed by atoms with Crippen LogP contribution in [-0.2, 0) is 4.79 Å². The van der Waals surface area contributed by atoms with Crippen LogP contribution < -0.4 is 10.6 Å². The topological polar surface area (TPSA) is 54.0 Å². The zero-order chi connectivity index (χ0) is 13.2. The quantitative estimate of drug-likeness (QED) is 0.863. The Bertz CT molecular complexity index is 611. The highest BCUT2D eigenvalue weighted by atomic mass is 16.1. The summed E-state index contributed by atoms with van der Waals surface area (Å²) in [5.41, 5.74) is 1.78. The van der Waals surface area contributed by atoms with Crippen LogP contribution >= 0.6 is 0 Å². The Balaban J connectivity index is 1.79. The molecule has 2 unspecified atom stereocenters. The summed E-state index contributed by atoms with van der Waals surface area (Å²) in [6, 6.07) is 9.70. The number of rotatable bonds is 2. The summed E-state index contributed by atoms with van der Waals surface area (Å²) in [4.78, 5) is 16.5. The van der Waals surface area contributed by atoms with E-state index in [-0.39, 0.29) is 11.8 Å². The van der Waals surface area contributed by atoms with Gasteiger partial charge in [0.1, 0.15) is 0 Å². The van der Waals surface area contributed by atoms with Crippen LogP contribution in [0.15, 0.2) is 36.5 Å². The summed E-state index contributed by atoms with van der Waals surface area (Å²) in [6.45, 7) is 3.79. The SMILES string of the molecule is CC1CNCC1C(=O)Nc1ccc2ncccc2c1. The second kappa shape index (κ2) is 4.97. The fourth-order valence-electron chi connectivity index (χ4n) is 2.55. The van der Waals surface area contributed by atoms with Crippen LogP contribution in [0, 0.1) is 11.8 Å². The molecule has 1 aromatic heterocycles. The van der Waals surface area contributed by atoms with Crippen LogP contribution in [0.25, 0.3) is 10.9 Å². The minimum atomic E-state index is 0.0598. The summed E-state index contributed by atoms with van der Waals surface area (Å²) in [6.07, 6.45) is 1.77. The van der Waals surface area contributed by atoms with Crippen LogP contribution in [0.2, 0.25) is 0 Å². The first-order chi connectivity index (χ1) is 9.24. The molecule has 1 fully saturated rings. The zero-order valence-corrected chi connectivity index (χ0v) is 10.9. The molecule has 0 bridgehead atoms. The van der Waals surface area contributed by atoms with Gasteiger partial charge in [-0.1, -0.05) is 13.0 Å². The standard InChI is InChI=1S/C15H17N3O/c1-10-8-16-9-13(10)15(19)18-12-4-5-14-11(7-12)3-2-6-17-14/h2-7,10,13,16H,8-9H2,1H3,(H,18,19). The van der Waals surface area contributed by atoms with Gasteiger partial charge in [0.15, 0.2) is 0 Å². The van der Waals surface area contributed by atoms with E-state index < -0.39 is 0 Å². The smallest absolute Gasteiger partial charge is 0.229 e. The molecule has 0 spiro atoms. The highest BCUT2D eigenvalue weighted by molar-refractivity contribution is 5.95. The number of hydrogen-bond acceptors (Lipinski definition) is 3. The fraction of sp³-hybridized carbons (Fsp3) is 0.333. The second-order valence-corrected chi connectivity index (χ2v) is 5.14. The Kier molecular flexibility index (Phi) is 3.17. The van der Waals surface area contributed by atoms with E-state index in [1.807, 2.05) is 30.3 Å². The number of anilines is 1. The molecule has 1 saturated heterocycles. The fourth-order valence-corrected chi connectivity index (χ4v) is 2.55. The lowest BCUT2D eigenvalue weighted by atomic mass is 9.97. The Labute approximate surface area is 112 Å². The van der Waals surface area contributed by atoms with Gasteiger partial charge in [-0.05, 0) is 36.7 Å². The van der Waals surface area contributed by atoms with Crippen molar-refractivity contribution in [2.45, 2.75) is 6.92 Å². The van der Waals surface area contributed by atoms with Crippen molar-refractivity contribution in [3.8, 4) is 0 Å². The molecule has 2 heterocycles. The van der Waals surface area contributed by atoms with Crippen LogP contribution in [0.4, 0.5) is 5.69 Å². The van der Waals surface area contributed by atoms with Crippen LogP contribution in [0.3, 0.4) is 0 Å². The number of fused-ring (bicyclic) bond motifs is 1. The lowest BCUT2D eigenvalue weighted by Gasteiger charge is -2.14. The molecule has 1 aliphatic rings. The van der Waals surface area contributed by atoms with Gasteiger partial charge in [-0.3, -0.25) is 9.78 Å². The molecule has 1 aliphatic heterocycles. The molecule has 4 nitrogen and oxygen atoms in total. The Hall–Kier alpha value is -1.94. The van der Waals surface area contributed by atoms with Crippen LogP contribution in [0.5, 0.6) is 0 Å². The van der Waals surface area contributed by atoms with Crippen molar-refractivity contribution in [3.05, 3.63) is 36.5 Å². The van der Waals surface area contributed by atoms with Gasteiger partial charge < -0.3 is 10.6 Å². The molecule has 3 rings (SSSR count). The van der Waals surface area contributed by atoms with Crippen molar-refractivity contribution < 1.29 is 4.79 Å². The van der Waals surface area contributed by atoms with E-state index in [0.717, 1.165) is 29.7 Å². The van der Waals surface area contributed by atoms with E-state index in [1.54, 1.807) is 6.20 Å². The van der Waals surface area contributed by atoms with Crippen molar-refractivity contribution in [1.82, 2.24) is 10.3 Å². The van der Waals surface area contributed by atoms with Gasteiger partial charge in [-0.15, -0.1) is 0 Å². The largest absolute Gasteiger partial charge is 0.326 e. The van der Waals surface area contributed by atoms with E-state index in [9.17, 15) is 4.79 Å². The predicted octanol–water partition coefficient (Wildman–Crippen LogP) is 2.03. The van der Waals surface area contributed by atoms with Gasteiger partial charge in [0, 0.05) is 23.8 Å². The average Bonchev–Trinajstić information content (AvgIpc) is 2.85. The van der Waals surface area contributed by atoms with Gasteiger partial charge in [0.2, 0.25) is 5.91 Å². The minimum absolute atomic E-state index is 0.0598. The van der Waals surface area contributed by atoms with Gasteiger partial charge in [0.05, 0.1) is 11.4 Å². The van der Waals surface area contributed by atoms with Crippen molar-refractivity contribution in [3.63, 3.8) is 0 Å². The van der Waals surface area contributed by atoms with Crippen molar-refractivity contribution in [1.29, 1.82) is 0 Å². The minimum Gasteiger partial charge on any atom is -0.326 e. The zero-order valence-electron chi connectivity index (χ0n) is 10.9. The maximum atomic E-state index is 12.2. The maximum absolute atomic E-state index is 12.2. The van der Waals surface area contributed by atoms with Gasteiger partial charge in [0.25, 0.3) is 0 Å². The van der Waals surface area contributed by atoms with E-state index in [0.29, 0.717) is 5.92 Å². The summed E-state index contributed by atoms with van der Waals surface area (Å²) >= 11 is 0. The molecule has 0 saturated carbocycles. The lowest BCUT2D eigenvalue weighted by molar-refractivity contribution is -0.120. The first kappa shape index (κ1) is 12.1. The molecular formula is C15H17N3O. The predicted molar refractivity (Wildman–Crippen MR) is 75.9 cm³/mol. The number of carbonyl (C=O) groups is 1. The van der Waals surface area contributed by atoms with Crippen molar-refractivity contribution >= 4 is 22.5 Å². The number of pyridine rings is 1. The monoisotopic (exact) mass is 255 g/mol. The second-order valence-electron chi connectivity index (χ2n) is 5.14. The van der Waals surface area contributed by atoms with E-state index in [4.69, 9.17) is 0 Å². The molecule has 1 amide bonds. The van der Waals surface area contributed by atoms with Crippen LogP contribution in [0.1, 0.15) is 6.92 Å². The van der Waals surface area contributed by atoms with Crippen molar-refractivity contribution in [2.24, 2.45) is 11.8 Å². The first-order valence-electron chi connectivity index (χ1n) is 6.60. The lowest BCUT2D eigenvalue weighted by Crippen LogP contribution is -2.27.